The molecule has 4 heteroatoms. The summed E-state index contributed by atoms with van der Waals surface area (Å²) in [6.07, 6.45) is 3.51. The Morgan fingerprint density at radius 3 is 2.75 bits per heavy atom. The second kappa shape index (κ2) is 6.37. The molecule has 2 amide bonds. The second-order valence-electron chi connectivity index (χ2n) is 5.24. The summed E-state index contributed by atoms with van der Waals surface area (Å²) in [6, 6.07) is 9.12. The van der Waals surface area contributed by atoms with E-state index in [2.05, 4.69) is 13.8 Å². The maximum absolute atomic E-state index is 12.2. The molecule has 1 aliphatic heterocycles. The Kier molecular flexibility index (Phi) is 4.56. The molecular weight excluding hydrogens is 254 g/mol. The molecule has 20 heavy (non-hydrogen) atoms. The molecule has 1 aromatic carbocycles. The summed E-state index contributed by atoms with van der Waals surface area (Å²) in [5, 5.41) is 0. The fourth-order valence-corrected chi connectivity index (χ4v) is 2.11. The fraction of sp³-hybridized carbons (Fsp3) is 0.375. The lowest BCUT2D eigenvalue weighted by molar-refractivity contribution is -0.124. The van der Waals surface area contributed by atoms with Crippen LogP contribution in [0.4, 0.5) is 4.79 Å². The number of carbonyl (C=O) groups excluding carboxylic acids is 2. The standard InChI is InChI=1S/C16H19NO3/c1-12(2)7-6-10-15(18)17-14(11-20-16(17)19)13-8-4-3-5-9-13/h3-6,8-10,12,14H,7,11H2,1-2H3/t14-/m0/s1. The summed E-state index contributed by atoms with van der Waals surface area (Å²) in [4.78, 5) is 25.1. The first-order valence-corrected chi connectivity index (χ1v) is 6.81. The summed E-state index contributed by atoms with van der Waals surface area (Å²) in [6.45, 7) is 4.37. The molecule has 4 nitrogen and oxygen atoms in total. The van der Waals surface area contributed by atoms with Crippen molar-refractivity contribution >= 4 is 12.0 Å². The predicted octanol–water partition coefficient (Wildman–Crippen LogP) is 3.31. The van der Waals surface area contributed by atoms with Crippen LogP contribution in [0.25, 0.3) is 0 Å². The Bertz CT molecular complexity index is 508. The molecule has 1 aromatic rings. The van der Waals surface area contributed by atoms with E-state index >= 15 is 0 Å². The van der Waals surface area contributed by atoms with E-state index in [9.17, 15) is 9.59 Å². The van der Waals surface area contributed by atoms with E-state index in [1.165, 1.54) is 11.0 Å². The lowest BCUT2D eigenvalue weighted by Crippen LogP contribution is -2.32. The van der Waals surface area contributed by atoms with E-state index in [4.69, 9.17) is 4.74 Å². The van der Waals surface area contributed by atoms with Gasteiger partial charge in [0.2, 0.25) is 0 Å². The largest absolute Gasteiger partial charge is 0.446 e. The van der Waals surface area contributed by atoms with Gasteiger partial charge in [-0.2, -0.15) is 0 Å². The molecular formula is C16H19NO3. The van der Waals surface area contributed by atoms with E-state index in [1.54, 1.807) is 6.08 Å². The van der Waals surface area contributed by atoms with Crippen molar-refractivity contribution in [3.63, 3.8) is 0 Å². The fourth-order valence-electron chi connectivity index (χ4n) is 2.11. The molecule has 0 bridgehead atoms. The van der Waals surface area contributed by atoms with Gasteiger partial charge in [-0.15, -0.1) is 0 Å². The summed E-state index contributed by atoms with van der Waals surface area (Å²) >= 11 is 0. The summed E-state index contributed by atoms with van der Waals surface area (Å²) in [5.74, 6) is 0.163. The molecule has 0 aromatic heterocycles. The van der Waals surface area contributed by atoms with Crippen LogP contribution < -0.4 is 0 Å². The van der Waals surface area contributed by atoms with Crippen LogP contribution in [-0.2, 0) is 9.53 Å². The van der Waals surface area contributed by atoms with E-state index in [-0.39, 0.29) is 18.6 Å². The number of carbonyl (C=O) groups is 2. The molecule has 1 aliphatic rings. The Labute approximate surface area is 119 Å². The van der Waals surface area contributed by atoms with Gasteiger partial charge >= 0.3 is 6.09 Å². The zero-order valence-electron chi connectivity index (χ0n) is 11.8. The highest BCUT2D eigenvalue weighted by atomic mass is 16.6. The van der Waals surface area contributed by atoms with Gasteiger partial charge in [0.1, 0.15) is 12.6 Å². The average Bonchev–Trinajstić information content (AvgIpc) is 2.81. The number of imide groups is 1. The summed E-state index contributed by atoms with van der Waals surface area (Å²) in [7, 11) is 0. The molecule has 0 spiro atoms. The molecule has 0 unspecified atom stereocenters. The number of hydrogen-bond acceptors (Lipinski definition) is 3. The number of rotatable bonds is 4. The van der Waals surface area contributed by atoms with Crippen LogP contribution in [0.15, 0.2) is 42.5 Å². The van der Waals surface area contributed by atoms with Gasteiger partial charge in [0.25, 0.3) is 5.91 Å². The minimum absolute atomic E-state index is 0.215. The van der Waals surface area contributed by atoms with Gasteiger partial charge in [0.15, 0.2) is 0 Å². The molecule has 0 aliphatic carbocycles. The normalized spacial score (nSPS) is 18.9. The van der Waals surface area contributed by atoms with E-state index in [0.29, 0.717) is 5.92 Å². The Morgan fingerprint density at radius 2 is 2.10 bits per heavy atom. The molecule has 1 fully saturated rings. The highest BCUT2D eigenvalue weighted by Gasteiger charge is 2.37. The number of cyclic esters (lactones) is 1. The van der Waals surface area contributed by atoms with Gasteiger partial charge in [0, 0.05) is 0 Å². The first-order chi connectivity index (χ1) is 9.59. The van der Waals surface area contributed by atoms with Crippen LogP contribution in [-0.4, -0.2) is 23.5 Å². The lowest BCUT2D eigenvalue weighted by atomic mass is 10.1. The third kappa shape index (κ3) is 3.26. The molecule has 0 saturated carbocycles. The summed E-state index contributed by atoms with van der Waals surface area (Å²) < 4.78 is 5.01. The number of benzene rings is 1. The quantitative estimate of drug-likeness (QED) is 0.791. The van der Waals surface area contributed by atoms with Crippen molar-refractivity contribution in [1.29, 1.82) is 0 Å². The molecule has 106 valence electrons. The van der Waals surface area contributed by atoms with Gasteiger partial charge in [-0.05, 0) is 24.0 Å². The van der Waals surface area contributed by atoms with Gasteiger partial charge in [-0.3, -0.25) is 4.79 Å². The van der Waals surface area contributed by atoms with Gasteiger partial charge < -0.3 is 4.74 Å². The summed E-state index contributed by atoms with van der Waals surface area (Å²) in [5.41, 5.74) is 0.906. The zero-order chi connectivity index (χ0) is 14.5. The van der Waals surface area contributed by atoms with Crippen LogP contribution in [0.3, 0.4) is 0 Å². The Morgan fingerprint density at radius 1 is 1.40 bits per heavy atom. The number of allylic oxidation sites excluding steroid dienone is 1. The Balaban J connectivity index is 2.13. The third-order valence-corrected chi connectivity index (χ3v) is 3.16. The zero-order valence-corrected chi connectivity index (χ0v) is 11.8. The van der Waals surface area contributed by atoms with Crippen LogP contribution in [0, 0.1) is 5.92 Å². The smallest absolute Gasteiger partial charge is 0.417 e. The SMILES string of the molecule is CC(C)CC=CC(=O)N1C(=O)OC[C@H]1c1ccccc1. The molecule has 0 radical (unpaired) electrons. The molecule has 1 heterocycles. The number of amides is 2. The second-order valence-corrected chi connectivity index (χ2v) is 5.24. The van der Waals surface area contributed by atoms with Crippen molar-refractivity contribution in [2.75, 3.05) is 6.61 Å². The van der Waals surface area contributed by atoms with Crippen LogP contribution >= 0.6 is 0 Å². The molecule has 0 N–H and O–H groups in total. The van der Waals surface area contributed by atoms with Crippen LogP contribution in [0.5, 0.6) is 0 Å². The van der Waals surface area contributed by atoms with E-state index < -0.39 is 6.09 Å². The molecule has 2 rings (SSSR count). The van der Waals surface area contributed by atoms with Gasteiger partial charge in [-0.1, -0.05) is 50.3 Å². The minimum Gasteiger partial charge on any atom is -0.446 e. The first-order valence-electron chi connectivity index (χ1n) is 6.81. The lowest BCUT2D eigenvalue weighted by Gasteiger charge is -2.18. The van der Waals surface area contributed by atoms with Gasteiger partial charge in [-0.25, -0.2) is 9.69 Å². The van der Waals surface area contributed by atoms with Crippen molar-refractivity contribution < 1.29 is 14.3 Å². The van der Waals surface area contributed by atoms with E-state index in [0.717, 1.165) is 12.0 Å². The van der Waals surface area contributed by atoms with Crippen molar-refractivity contribution in [2.24, 2.45) is 5.92 Å². The number of nitrogens with zero attached hydrogens (tertiary/aromatic N) is 1. The van der Waals surface area contributed by atoms with Crippen molar-refractivity contribution in [2.45, 2.75) is 26.3 Å². The number of ether oxygens (including phenoxy) is 1. The highest BCUT2D eigenvalue weighted by Crippen LogP contribution is 2.27. The minimum atomic E-state index is -0.571. The third-order valence-electron chi connectivity index (χ3n) is 3.16. The maximum atomic E-state index is 12.2. The van der Waals surface area contributed by atoms with Crippen molar-refractivity contribution in [1.82, 2.24) is 4.90 Å². The average molecular weight is 273 g/mol. The molecule has 1 atom stereocenters. The number of hydrogen-bond donors (Lipinski definition) is 0. The van der Waals surface area contributed by atoms with Crippen molar-refractivity contribution in [3.05, 3.63) is 48.0 Å². The maximum Gasteiger partial charge on any atom is 0.417 e. The van der Waals surface area contributed by atoms with Gasteiger partial charge in [0.05, 0.1) is 0 Å². The Hall–Kier alpha value is -2.10. The van der Waals surface area contributed by atoms with Crippen molar-refractivity contribution in [3.8, 4) is 0 Å². The molecule has 1 saturated heterocycles. The van der Waals surface area contributed by atoms with E-state index in [1.807, 2.05) is 30.3 Å². The monoisotopic (exact) mass is 273 g/mol. The predicted molar refractivity (Wildman–Crippen MR) is 76.0 cm³/mol. The van der Waals surface area contributed by atoms with Crippen LogP contribution in [0.1, 0.15) is 31.9 Å². The first kappa shape index (κ1) is 14.3. The topological polar surface area (TPSA) is 46.6 Å². The van der Waals surface area contributed by atoms with Crippen LogP contribution in [0.2, 0.25) is 0 Å². The highest BCUT2D eigenvalue weighted by molar-refractivity contribution is 5.99.